The number of fused-ring (bicyclic) bond motifs is 4. The minimum atomic E-state index is -2.86. The van der Waals surface area contributed by atoms with E-state index in [0.29, 0.717) is 47.2 Å². The molecule has 0 radical (unpaired) electrons. The van der Waals surface area contributed by atoms with Crippen molar-refractivity contribution in [2.75, 3.05) is 49.6 Å². The molecule has 2 N–H and O–H groups in total. The second-order valence-corrected chi connectivity index (χ2v) is 17.9. The topological polar surface area (TPSA) is 175 Å². The number of amides is 3. The molecule has 1 aromatic carbocycles. The van der Waals surface area contributed by atoms with E-state index in [2.05, 4.69) is 42.5 Å². The first kappa shape index (κ1) is 42.0. The van der Waals surface area contributed by atoms with Crippen molar-refractivity contribution in [2.24, 2.45) is 18.9 Å². The predicted octanol–water partition coefficient (Wildman–Crippen LogP) is 4.06. The number of para-hydroxylation sites is 1. The van der Waals surface area contributed by atoms with Crippen LogP contribution in [0.15, 0.2) is 47.7 Å². The van der Waals surface area contributed by atoms with Crippen molar-refractivity contribution in [1.29, 1.82) is 0 Å². The van der Waals surface area contributed by atoms with Gasteiger partial charge in [-0.15, -0.1) is 0 Å². The Labute approximate surface area is 367 Å². The lowest BCUT2D eigenvalue weighted by molar-refractivity contribution is -0.135. The minimum absolute atomic E-state index is 0.0115. The maximum Gasteiger partial charge on any atom is 0.329 e. The van der Waals surface area contributed by atoms with E-state index < -0.39 is 30.0 Å². The van der Waals surface area contributed by atoms with Crippen molar-refractivity contribution in [3.05, 3.63) is 70.2 Å². The molecule has 1 aliphatic carbocycles. The molecule has 64 heavy (non-hydrogen) atoms. The van der Waals surface area contributed by atoms with Gasteiger partial charge in [0.15, 0.2) is 11.3 Å². The number of rotatable bonds is 11. The summed E-state index contributed by atoms with van der Waals surface area (Å²) < 4.78 is 46.4. The maximum atomic E-state index is 14.2. The molecule has 5 aromatic rings. The van der Waals surface area contributed by atoms with E-state index in [1.807, 2.05) is 18.2 Å². The molecule has 336 valence electrons. The highest BCUT2D eigenvalue weighted by Crippen LogP contribution is 2.34. The summed E-state index contributed by atoms with van der Waals surface area (Å²) in [5.41, 5.74) is 1.65. The molecule has 1 saturated carbocycles. The summed E-state index contributed by atoms with van der Waals surface area (Å²) in [5, 5.41) is 13.5. The number of morpholine rings is 1. The Morgan fingerprint density at radius 3 is 2.58 bits per heavy atom. The van der Waals surface area contributed by atoms with Gasteiger partial charge in [-0.2, -0.15) is 10.2 Å². The molecule has 10 rings (SSSR count). The van der Waals surface area contributed by atoms with Crippen molar-refractivity contribution in [3.63, 3.8) is 0 Å². The zero-order valence-corrected chi connectivity index (χ0v) is 35.6. The fraction of sp³-hybridized carbons (Fsp3) is 0.533. The Hall–Kier alpha value is -5.97. The van der Waals surface area contributed by atoms with Crippen LogP contribution in [0, 0.1) is 23.7 Å². The van der Waals surface area contributed by atoms with E-state index >= 15 is 0 Å². The number of nitrogens with one attached hydrogen (secondary N) is 2. The molecule has 3 atom stereocenters. The van der Waals surface area contributed by atoms with Crippen molar-refractivity contribution in [1.82, 2.24) is 43.7 Å². The average molecular weight is 880 g/mol. The average Bonchev–Trinajstić information content (AvgIpc) is 4.14. The number of imidazole rings is 1. The van der Waals surface area contributed by atoms with Crippen molar-refractivity contribution < 1.29 is 32.6 Å². The first-order valence-electron chi connectivity index (χ1n) is 22.3. The van der Waals surface area contributed by atoms with Gasteiger partial charge in [0.25, 0.3) is 12.3 Å². The molecule has 3 amide bonds. The highest BCUT2D eigenvalue weighted by molar-refractivity contribution is 6.08. The van der Waals surface area contributed by atoms with E-state index in [9.17, 15) is 28.0 Å². The van der Waals surface area contributed by atoms with E-state index in [1.165, 1.54) is 26.0 Å². The fourth-order valence-electron chi connectivity index (χ4n) is 10.4. The standard InChI is InChI=1S/C45H51F2N11O6/c1-53-40-29(4-2-6-35(40)58(45(53)62)36-11-12-38(59)51-44(36)61)5-3-19-63-31-13-16-54(17-14-31)22-27-7-9-28(10-8-27)23-55-25-34(39(52-55)41(46)47)49-43(60)33-21-48-57-18-15-37(50-42(33)57)56-24-32-20-30(56)26-64-32/h2,4,6,15,18,21,25,27-28,30-32,36,41H,7-14,16-17,19-20,22-24,26H2,1H3,(H,49,60)(H,51,59,61)/t27?,28?,30-,32-,36?/m0/s1. The van der Waals surface area contributed by atoms with E-state index in [1.54, 1.807) is 24.0 Å². The highest BCUT2D eigenvalue weighted by Gasteiger charge is 2.40. The molecule has 4 saturated heterocycles. The Morgan fingerprint density at radius 1 is 1.05 bits per heavy atom. The van der Waals surface area contributed by atoms with Gasteiger partial charge in [-0.1, -0.05) is 17.9 Å². The van der Waals surface area contributed by atoms with Gasteiger partial charge in [0.2, 0.25) is 11.8 Å². The molecule has 19 heteroatoms. The first-order chi connectivity index (χ1) is 31.1. The van der Waals surface area contributed by atoms with Gasteiger partial charge < -0.3 is 24.6 Å². The van der Waals surface area contributed by atoms with Gasteiger partial charge in [0.05, 0.1) is 53.3 Å². The summed E-state index contributed by atoms with van der Waals surface area (Å²) in [4.78, 5) is 60.5. The third-order valence-electron chi connectivity index (χ3n) is 13.7. The first-order valence-corrected chi connectivity index (χ1v) is 22.3. The van der Waals surface area contributed by atoms with Crippen LogP contribution in [0.1, 0.15) is 91.9 Å². The summed E-state index contributed by atoms with van der Waals surface area (Å²) in [5.74, 6) is 6.50. The van der Waals surface area contributed by atoms with E-state index in [4.69, 9.17) is 14.5 Å². The molecular weight excluding hydrogens is 829 g/mol. The van der Waals surface area contributed by atoms with Gasteiger partial charge in [-0.05, 0) is 81.4 Å². The summed E-state index contributed by atoms with van der Waals surface area (Å²) >= 11 is 0. The van der Waals surface area contributed by atoms with Gasteiger partial charge in [-0.3, -0.25) is 33.5 Å². The van der Waals surface area contributed by atoms with Gasteiger partial charge in [0.1, 0.15) is 24.0 Å². The van der Waals surface area contributed by atoms with Crippen molar-refractivity contribution in [2.45, 2.75) is 95.0 Å². The van der Waals surface area contributed by atoms with Crippen LogP contribution < -0.4 is 21.2 Å². The number of aromatic nitrogens is 7. The number of anilines is 2. The quantitative estimate of drug-likeness (QED) is 0.145. The fourth-order valence-corrected chi connectivity index (χ4v) is 10.4. The number of hydrogen-bond donors (Lipinski definition) is 2. The zero-order chi connectivity index (χ0) is 44.1. The second kappa shape index (κ2) is 17.5. The Balaban J connectivity index is 0.682. The number of ether oxygens (including phenoxy) is 2. The minimum Gasteiger partial charge on any atom is -0.374 e. The number of piperidine rings is 2. The number of nitrogens with zero attached hydrogens (tertiary/aromatic N) is 9. The highest BCUT2D eigenvalue weighted by atomic mass is 19.3. The molecular formula is C45H51F2N11O6. The zero-order valence-electron chi connectivity index (χ0n) is 35.6. The predicted molar refractivity (Wildman–Crippen MR) is 230 cm³/mol. The smallest absolute Gasteiger partial charge is 0.329 e. The number of carbonyl (C=O) groups is 3. The molecule has 4 aromatic heterocycles. The number of halogens is 2. The van der Waals surface area contributed by atoms with Gasteiger partial charge in [0, 0.05) is 58.6 Å². The molecule has 2 bridgehead atoms. The third kappa shape index (κ3) is 8.29. The lowest BCUT2D eigenvalue weighted by Gasteiger charge is -2.36. The molecule has 5 aliphatic rings. The van der Waals surface area contributed by atoms with Crippen LogP contribution in [0.5, 0.6) is 0 Å². The number of carbonyl (C=O) groups excluding carboxylic acids is 3. The molecule has 8 heterocycles. The van der Waals surface area contributed by atoms with Crippen LogP contribution in [0.3, 0.4) is 0 Å². The van der Waals surface area contributed by atoms with Crippen LogP contribution in [0.2, 0.25) is 0 Å². The summed E-state index contributed by atoms with van der Waals surface area (Å²) in [7, 11) is 1.66. The van der Waals surface area contributed by atoms with Crippen LogP contribution in [0.4, 0.5) is 20.3 Å². The third-order valence-corrected chi connectivity index (χ3v) is 13.7. The number of benzene rings is 1. The number of likely N-dealkylation sites (tertiary alicyclic amines) is 1. The van der Waals surface area contributed by atoms with Crippen LogP contribution >= 0.6 is 0 Å². The normalized spacial score (nSPS) is 24.2. The maximum absolute atomic E-state index is 14.2. The number of imide groups is 1. The Kier molecular flexibility index (Phi) is 11.5. The summed E-state index contributed by atoms with van der Waals surface area (Å²) in [6.45, 7) is 5.03. The lowest BCUT2D eigenvalue weighted by atomic mass is 9.81. The summed E-state index contributed by atoms with van der Waals surface area (Å²) in [6.07, 6.45) is 9.35. The van der Waals surface area contributed by atoms with Crippen LogP contribution in [0.25, 0.3) is 16.7 Å². The van der Waals surface area contributed by atoms with Crippen molar-refractivity contribution >= 4 is 45.9 Å². The molecule has 5 fully saturated rings. The molecule has 4 aliphatic heterocycles. The number of alkyl halides is 2. The van der Waals surface area contributed by atoms with Crippen LogP contribution in [-0.2, 0) is 32.7 Å². The van der Waals surface area contributed by atoms with Crippen molar-refractivity contribution in [3.8, 4) is 11.8 Å². The monoisotopic (exact) mass is 879 g/mol. The second-order valence-electron chi connectivity index (χ2n) is 17.9. The van der Waals surface area contributed by atoms with Gasteiger partial charge >= 0.3 is 5.69 Å². The molecule has 1 unspecified atom stereocenters. The Bertz CT molecular complexity index is 2720. The SMILES string of the molecule is Cn1c(=O)n(C2CCC(=O)NC2=O)c2cccc(C#CCOC3CCN(CC4CCC(Cn5cc(NC(=O)c6cnn7ccc(N8C[C@@H]9C[C@H]8CO9)nc67)c(C(F)F)n5)CC4)CC3)c21. The molecule has 0 spiro atoms. The van der Waals surface area contributed by atoms with Gasteiger partial charge in [-0.25, -0.2) is 23.1 Å². The largest absolute Gasteiger partial charge is 0.374 e. The van der Waals surface area contributed by atoms with E-state index in [0.717, 1.165) is 76.9 Å². The van der Waals surface area contributed by atoms with E-state index in [-0.39, 0.29) is 60.5 Å². The summed E-state index contributed by atoms with van der Waals surface area (Å²) in [6, 6.07) is 6.80. The number of hydrogen-bond acceptors (Lipinski definition) is 11. The lowest BCUT2D eigenvalue weighted by Crippen LogP contribution is -2.44. The molecule has 17 nitrogen and oxygen atoms in total. The van der Waals surface area contributed by atoms with Crippen LogP contribution in [-0.4, -0.2) is 114 Å². The Morgan fingerprint density at radius 2 is 1.84 bits per heavy atom. The number of aryl methyl sites for hydroxylation is 1.